The summed E-state index contributed by atoms with van der Waals surface area (Å²) < 4.78 is 8.11. The van der Waals surface area contributed by atoms with Crippen molar-refractivity contribution in [1.82, 2.24) is 14.9 Å². The van der Waals surface area contributed by atoms with Gasteiger partial charge in [-0.25, -0.2) is 4.98 Å². The van der Waals surface area contributed by atoms with Crippen LogP contribution in [0.15, 0.2) is 12.5 Å². The van der Waals surface area contributed by atoms with Gasteiger partial charge < -0.3 is 14.6 Å². The second kappa shape index (κ2) is 4.91. The van der Waals surface area contributed by atoms with Crippen LogP contribution >= 0.6 is 0 Å². The highest BCUT2D eigenvalue weighted by atomic mass is 16.5. The minimum absolute atomic E-state index is 0.237. The normalized spacial score (nSPS) is 29.2. The van der Waals surface area contributed by atoms with Gasteiger partial charge in [-0.15, -0.1) is 0 Å². The topological polar surface area (TPSA) is 39.1 Å². The van der Waals surface area contributed by atoms with Crippen LogP contribution in [0.2, 0.25) is 0 Å². The lowest BCUT2D eigenvalue weighted by Crippen LogP contribution is -2.60. The second-order valence-electron chi connectivity index (χ2n) is 6.46. The molecule has 2 aliphatic rings. The van der Waals surface area contributed by atoms with Gasteiger partial charge in [0.05, 0.1) is 18.1 Å². The summed E-state index contributed by atoms with van der Waals surface area (Å²) in [5.74, 6) is 0. The van der Waals surface area contributed by atoms with Crippen LogP contribution in [-0.2, 0) is 11.3 Å². The van der Waals surface area contributed by atoms with E-state index in [1.54, 1.807) is 0 Å². The van der Waals surface area contributed by atoms with Gasteiger partial charge in [0.2, 0.25) is 0 Å². The molecule has 2 fully saturated rings. The summed E-state index contributed by atoms with van der Waals surface area (Å²) in [6.45, 7) is 8.41. The van der Waals surface area contributed by atoms with E-state index in [2.05, 4.69) is 35.6 Å². The average Bonchev–Trinajstić information content (AvgIpc) is 3.12. The van der Waals surface area contributed by atoms with Gasteiger partial charge in [0.1, 0.15) is 0 Å². The van der Waals surface area contributed by atoms with E-state index in [1.165, 1.54) is 18.5 Å². The summed E-state index contributed by atoms with van der Waals surface area (Å²) in [7, 11) is 0. The Labute approximate surface area is 115 Å². The Morgan fingerprint density at radius 2 is 2.26 bits per heavy atom. The van der Waals surface area contributed by atoms with E-state index >= 15 is 0 Å². The fourth-order valence-corrected chi connectivity index (χ4v) is 3.09. The molecule has 0 saturated heterocycles. The van der Waals surface area contributed by atoms with E-state index in [4.69, 9.17) is 4.74 Å². The first-order chi connectivity index (χ1) is 9.13. The molecule has 1 aromatic rings. The Balaban J connectivity index is 1.54. The summed E-state index contributed by atoms with van der Waals surface area (Å²) >= 11 is 0. The van der Waals surface area contributed by atoms with E-state index in [9.17, 15) is 0 Å². The lowest BCUT2D eigenvalue weighted by atomic mass is 9.64. The van der Waals surface area contributed by atoms with E-state index < -0.39 is 0 Å². The number of nitrogens with zero attached hydrogens (tertiary/aromatic N) is 2. The van der Waals surface area contributed by atoms with Crippen LogP contribution in [0.1, 0.15) is 51.8 Å². The number of ether oxygens (including phenoxy) is 1. The lowest BCUT2D eigenvalue weighted by molar-refractivity contribution is -0.114. The van der Waals surface area contributed by atoms with Crippen molar-refractivity contribution in [3.63, 3.8) is 0 Å². The Bertz CT molecular complexity index is 436. The van der Waals surface area contributed by atoms with Crippen LogP contribution in [0.25, 0.3) is 0 Å². The third-order valence-corrected chi connectivity index (χ3v) is 4.76. The van der Waals surface area contributed by atoms with Crippen molar-refractivity contribution < 1.29 is 4.74 Å². The number of hydrogen-bond acceptors (Lipinski definition) is 3. The zero-order chi connectivity index (χ0) is 13.5. The molecule has 0 aliphatic heterocycles. The number of rotatable bonds is 6. The van der Waals surface area contributed by atoms with Gasteiger partial charge in [0, 0.05) is 36.8 Å². The predicted octanol–water partition coefficient (Wildman–Crippen LogP) is 2.51. The van der Waals surface area contributed by atoms with Gasteiger partial charge >= 0.3 is 0 Å². The molecular formula is C15H25N3O. The Kier molecular flexibility index (Phi) is 3.39. The maximum atomic E-state index is 5.77. The molecule has 2 unspecified atom stereocenters. The number of nitrogens with one attached hydrogen (secondary N) is 1. The quantitative estimate of drug-likeness (QED) is 0.857. The highest BCUT2D eigenvalue weighted by molar-refractivity contribution is 5.07. The molecule has 0 bridgehead atoms. The zero-order valence-electron chi connectivity index (χ0n) is 12.2. The van der Waals surface area contributed by atoms with E-state index in [0.717, 1.165) is 19.6 Å². The van der Waals surface area contributed by atoms with Gasteiger partial charge in [-0.3, -0.25) is 0 Å². The highest BCUT2D eigenvalue weighted by Gasteiger charge is 2.48. The molecule has 4 nitrogen and oxygen atoms in total. The predicted molar refractivity (Wildman–Crippen MR) is 74.9 cm³/mol. The summed E-state index contributed by atoms with van der Waals surface area (Å²) in [5.41, 5.74) is 1.55. The third kappa shape index (κ3) is 2.43. The van der Waals surface area contributed by atoms with Crippen LogP contribution in [0.3, 0.4) is 0 Å². The molecule has 2 atom stereocenters. The van der Waals surface area contributed by atoms with Gasteiger partial charge in [0.25, 0.3) is 0 Å². The smallest absolute Gasteiger partial charge is 0.0951 e. The largest absolute Gasteiger partial charge is 0.378 e. The molecule has 0 radical (unpaired) electrons. The molecule has 2 aliphatic carbocycles. The van der Waals surface area contributed by atoms with Gasteiger partial charge in [-0.05, 0) is 26.2 Å². The van der Waals surface area contributed by atoms with Crippen LogP contribution in [0.5, 0.6) is 0 Å². The van der Waals surface area contributed by atoms with Crippen LogP contribution in [0.4, 0.5) is 0 Å². The van der Waals surface area contributed by atoms with Crippen molar-refractivity contribution >= 4 is 0 Å². The van der Waals surface area contributed by atoms with Crippen molar-refractivity contribution in [1.29, 1.82) is 0 Å². The van der Waals surface area contributed by atoms with Crippen LogP contribution in [0, 0.1) is 5.41 Å². The zero-order valence-corrected chi connectivity index (χ0v) is 12.2. The molecule has 2 saturated carbocycles. The highest BCUT2D eigenvalue weighted by Crippen LogP contribution is 2.43. The second-order valence-corrected chi connectivity index (χ2v) is 6.46. The Morgan fingerprint density at radius 3 is 2.89 bits per heavy atom. The first-order valence-corrected chi connectivity index (χ1v) is 7.48. The molecule has 4 heteroatoms. The number of aromatic nitrogens is 2. The molecule has 19 heavy (non-hydrogen) atoms. The molecule has 0 amide bonds. The standard InChI is InChI=1S/C15H25N3O/c1-4-19-14-7-13(15(14,2)3)17-9-12-8-16-10-18(12)11-5-6-11/h8,10-11,13-14,17H,4-7,9H2,1-3H3. The molecule has 0 aromatic carbocycles. The minimum Gasteiger partial charge on any atom is -0.378 e. The number of hydrogen-bond donors (Lipinski definition) is 1. The maximum Gasteiger partial charge on any atom is 0.0951 e. The van der Waals surface area contributed by atoms with Crippen molar-refractivity contribution in [2.75, 3.05) is 6.61 Å². The van der Waals surface area contributed by atoms with Crippen molar-refractivity contribution in [3.8, 4) is 0 Å². The molecule has 3 rings (SSSR count). The first-order valence-electron chi connectivity index (χ1n) is 7.48. The molecule has 106 valence electrons. The molecule has 1 N–H and O–H groups in total. The van der Waals surface area contributed by atoms with E-state index in [-0.39, 0.29) is 5.41 Å². The van der Waals surface area contributed by atoms with Crippen LogP contribution < -0.4 is 5.32 Å². The van der Waals surface area contributed by atoms with Crippen molar-refractivity contribution in [2.24, 2.45) is 5.41 Å². The summed E-state index contributed by atoms with van der Waals surface area (Å²) in [6.07, 6.45) is 8.12. The molecule has 1 aromatic heterocycles. The summed E-state index contributed by atoms with van der Waals surface area (Å²) in [6, 6.07) is 1.26. The monoisotopic (exact) mass is 263 g/mol. The molecular weight excluding hydrogens is 238 g/mol. The summed E-state index contributed by atoms with van der Waals surface area (Å²) in [5, 5.41) is 3.68. The number of imidazole rings is 1. The molecule has 1 heterocycles. The lowest BCUT2D eigenvalue weighted by Gasteiger charge is -2.52. The van der Waals surface area contributed by atoms with Crippen molar-refractivity contribution in [3.05, 3.63) is 18.2 Å². The van der Waals surface area contributed by atoms with Gasteiger partial charge in [0.15, 0.2) is 0 Å². The Morgan fingerprint density at radius 1 is 1.47 bits per heavy atom. The fourth-order valence-electron chi connectivity index (χ4n) is 3.09. The summed E-state index contributed by atoms with van der Waals surface area (Å²) in [4.78, 5) is 4.28. The van der Waals surface area contributed by atoms with E-state index in [0.29, 0.717) is 18.2 Å². The van der Waals surface area contributed by atoms with Gasteiger partial charge in [-0.1, -0.05) is 13.8 Å². The van der Waals surface area contributed by atoms with E-state index in [1.807, 2.05) is 12.5 Å². The molecule has 0 spiro atoms. The first kappa shape index (κ1) is 13.1. The third-order valence-electron chi connectivity index (χ3n) is 4.76. The fraction of sp³-hybridized carbons (Fsp3) is 0.800. The maximum absolute atomic E-state index is 5.77. The van der Waals surface area contributed by atoms with Crippen molar-refractivity contribution in [2.45, 2.75) is 64.8 Å². The average molecular weight is 263 g/mol. The van der Waals surface area contributed by atoms with Crippen LogP contribution in [-0.4, -0.2) is 28.3 Å². The SMILES string of the molecule is CCOC1CC(NCc2cncn2C2CC2)C1(C)C. The minimum atomic E-state index is 0.237. The van der Waals surface area contributed by atoms with Gasteiger partial charge in [-0.2, -0.15) is 0 Å². The Hall–Kier alpha value is -0.870.